The molecule has 0 bridgehead atoms. The molecule has 1 aromatic carbocycles. The lowest BCUT2D eigenvalue weighted by molar-refractivity contribution is 0.178. The highest BCUT2D eigenvalue weighted by molar-refractivity contribution is 6.30. The standard InChI is InChI=1S/C11H13ClN4O/c1-17-7-11-10(6-13)14-15-16(11)9-4-2-3-8(12)5-9/h2-5H,6-7,13H2,1H3. The van der Waals surface area contributed by atoms with Crippen LogP contribution in [-0.2, 0) is 17.9 Å². The zero-order valence-corrected chi connectivity index (χ0v) is 10.2. The number of hydrogen-bond donors (Lipinski definition) is 1. The van der Waals surface area contributed by atoms with Gasteiger partial charge in [-0.15, -0.1) is 5.10 Å². The van der Waals surface area contributed by atoms with E-state index in [2.05, 4.69) is 10.3 Å². The molecule has 0 aliphatic carbocycles. The predicted molar refractivity (Wildman–Crippen MR) is 65.0 cm³/mol. The minimum atomic E-state index is 0.333. The molecule has 0 atom stereocenters. The summed E-state index contributed by atoms with van der Waals surface area (Å²) < 4.78 is 6.82. The van der Waals surface area contributed by atoms with Crippen LogP contribution in [0.3, 0.4) is 0 Å². The number of nitrogens with zero attached hydrogens (tertiary/aromatic N) is 3. The fraction of sp³-hybridized carbons (Fsp3) is 0.273. The molecule has 0 aliphatic rings. The van der Waals surface area contributed by atoms with Crippen molar-refractivity contribution in [3.05, 3.63) is 40.7 Å². The summed E-state index contributed by atoms with van der Waals surface area (Å²) >= 11 is 5.95. The van der Waals surface area contributed by atoms with Crippen molar-refractivity contribution in [3.8, 4) is 5.69 Å². The zero-order valence-electron chi connectivity index (χ0n) is 9.43. The lowest BCUT2D eigenvalue weighted by Gasteiger charge is -2.06. The van der Waals surface area contributed by atoms with Gasteiger partial charge in [-0.2, -0.15) is 0 Å². The van der Waals surface area contributed by atoms with Crippen molar-refractivity contribution in [1.29, 1.82) is 0 Å². The molecule has 2 N–H and O–H groups in total. The van der Waals surface area contributed by atoms with E-state index in [1.807, 2.05) is 24.3 Å². The van der Waals surface area contributed by atoms with E-state index in [4.69, 9.17) is 22.1 Å². The first-order valence-electron chi connectivity index (χ1n) is 5.14. The summed E-state index contributed by atoms with van der Waals surface area (Å²) in [6, 6.07) is 7.38. The minimum Gasteiger partial charge on any atom is -0.378 e. The Hall–Kier alpha value is -1.43. The van der Waals surface area contributed by atoms with Gasteiger partial charge >= 0.3 is 0 Å². The molecule has 0 unspecified atom stereocenters. The molecule has 0 saturated heterocycles. The summed E-state index contributed by atoms with van der Waals surface area (Å²) in [4.78, 5) is 0. The van der Waals surface area contributed by atoms with Crippen molar-refractivity contribution in [2.24, 2.45) is 5.73 Å². The Kier molecular flexibility index (Phi) is 3.73. The fourth-order valence-electron chi connectivity index (χ4n) is 1.59. The lowest BCUT2D eigenvalue weighted by atomic mass is 10.3. The van der Waals surface area contributed by atoms with Crippen LogP contribution in [0.2, 0.25) is 5.02 Å². The summed E-state index contributed by atoms with van der Waals surface area (Å²) in [5, 5.41) is 8.74. The van der Waals surface area contributed by atoms with E-state index in [0.717, 1.165) is 17.1 Å². The summed E-state index contributed by atoms with van der Waals surface area (Å²) in [6.07, 6.45) is 0. The number of rotatable bonds is 4. The molecule has 0 fully saturated rings. The average molecular weight is 253 g/mol. The highest BCUT2D eigenvalue weighted by Crippen LogP contribution is 2.17. The molecule has 0 saturated carbocycles. The van der Waals surface area contributed by atoms with E-state index in [1.54, 1.807) is 11.8 Å². The van der Waals surface area contributed by atoms with Gasteiger partial charge in [0.1, 0.15) is 5.69 Å². The number of methoxy groups -OCH3 is 1. The third-order valence-corrected chi connectivity index (χ3v) is 2.61. The summed E-state index contributed by atoms with van der Waals surface area (Å²) in [6.45, 7) is 0.741. The van der Waals surface area contributed by atoms with Crippen molar-refractivity contribution in [2.75, 3.05) is 7.11 Å². The van der Waals surface area contributed by atoms with Gasteiger partial charge in [-0.1, -0.05) is 22.9 Å². The van der Waals surface area contributed by atoms with Crippen molar-refractivity contribution >= 4 is 11.6 Å². The maximum atomic E-state index is 5.95. The molecule has 1 aromatic heterocycles. The maximum absolute atomic E-state index is 5.95. The van der Waals surface area contributed by atoms with Gasteiger partial charge in [0.2, 0.25) is 0 Å². The van der Waals surface area contributed by atoms with Crippen LogP contribution in [-0.4, -0.2) is 22.1 Å². The summed E-state index contributed by atoms with van der Waals surface area (Å²) in [7, 11) is 1.62. The van der Waals surface area contributed by atoms with Crippen LogP contribution in [0.25, 0.3) is 5.69 Å². The Labute approximate surface area is 104 Å². The fourth-order valence-corrected chi connectivity index (χ4v) is 1.77. The second-order valence-electron chi connectivity index (χ2n) is 3.51. The van der Waals surface area contributed by atoms with Crippen molar-refractivity contribution in [1.82, 2.24) is 15.0 Å². The molecule has 1 heterocycles. The van der Waals surface area contributed by atoms with Gasteiger partial charge < -0.3 is 10.5 Å². The molecule has 0 spiro atoms. The van der Waals surface area contributed by atoms with Crippen molar-refractivity contribution in [2.45, 2.75) is 13.2 Å². The molecule has 17 heavy (non-hydrogen) atoms. The third-order valence-electron chi connectivity index (χ3n) is 2.37. The zero-order chi connectivity index (χ0) is 12.3. The first-order chi connectivity index (χ1) is 8.26. The minimum absolute atomic E-state index is 0.333. The molecular weight excluding hydrogens is 240 g/mol. The van der Waals surface area contributed by atoms with Crippen molar-refractivity contribution < 1.29 is 4.74 Å². The normalized spacial score (nSPS) is 10.8. The molecule has 5 nitrogen and oxygen atoms in total. The van der Waals surface area contributed by atoms with Gasteiger partial charge in [0, 0.05) is 18.7 Å². The smallest absolute Gasteiger partial charge is 0.102 e. The van der Waals surface area contributed by atoms with Gasteiger partial charge in [-0.25, -0.2) is 4.68 Å². The Morgan fingerprint density at radius 3 is 2.94 bits per heavy atom. The van der Waals surface area contributed by atoms with Crippen LogP contribution in [0.5, 0.6) is 0 Å². The third kappa shape index (κ3) is 2.46. The number of ether oxygens (including phenoxy) is 1. The number of aromatic nitrogens is 3. The van der Waals surface area contributed by atoms with Gasteiger partial charge in [0.25, 0.3) is 0 Å². The highest BCUT2D eigenvalue weighted by Gasteiger charge is 2.12. The van der Waals surface area contributed by atoms with E-state index in [1.165, 1.54) is 0 Å². The van der Waals surface area contributed by atoms with E-state index in [-0.39, 0.29) is 0 Å². The van der Waals surface area contributed by atoms with Crippen LogP contribution in [0, 0.1) is 0 Å². The van der Waals surface area contributed by atoms with E-state index in [9.17, 15) is 0 Å². The summed E-state index contributed by atoms with van der Waals surface area (Å²) in [5.74, 6) is 0. The van der Waals surface area contributed by atoms with Gasteiger partial charge in [-0.3, -0.25) is 0 Å². The maximum Gasteiger partial charge on any atom is 0.102 e. The largest absolute Gasteiger partial charge is 0.378 e. The van der Waals surface area contributed by atoms with Crippen LogP contribution in [0.4, 0.5) is 0 Å². The molecule has 0 aliphatic heterocycles. The molecule has 2 rings (SSSR count). The average Bonchev–Trinajstić information content (AvgIpc) is 2.72. The predicted octanol–water partition coefficient (Wildman–Crippen LogP) is 1.53. The first-order valence-corrected chi connectivity index (χ1v) is 5.52. The molecule has 0 amide bonds. The number of hydrogen-bond acceptors (Lipinski definition) is 4. The van der Waals surface area contributed by atoms with E-state index >= 15 is 0 Å². The lowest BCUT2D eigenvalue weighted by Crippen LogP contribution is -2.07. The van der Waals surface area contributed by atoms with Crippen LogP contribution in [0.1, 0.15) is 11.4 Å². The summed E-state index contributed by atoms with van der Waals surface area (Å²) in [5.41, 5.74) is 8.02. The van der Waals surface area contributed by atoms with Gasteiger partial charge in [0.15, 0.2) is 0 Å². The number of halogens is 1. The Balaban J connectivity index is 2.47. The van der Waals surface area contributed by atoms with E-state index < -0.39 is 0 Å². The second kappa shape index (κ2) is 5.27. The molecule has 6 heteroatoms. The Bertz CT molecular complexity index is 512. The van der Waals surface area contributed by atoms with Gasteiger partial charge in [-0.05, 0) is 18.2 Å². The van der Waals surface area contributed by atoms with Crippen molar-refractivity contribution in [3.63, 3.8) is 0 Å². The Morgan fingerprint density at radius 1 is 1.47 bits per heavy atom. The number of benzene rings is 1. The van der Waals surface area contributed by atoms with E-state index in [0.29, 0.717) is 18.2 Å². The van der Waals surface area contributed by atoms with Crippen LogP contribution >= 0.6 is 11.6 Å². The van der Waals surface area contributed by atoms with Crippen LogP contribution in [0.15, 0.2) is 24.3 Å². The van der Waals surface area contributed by atoms with Gasteiger partial charge in [0.05, 0.1) is 18.0 Å². The topological polar surface area (TPSA) is 66.0 Å². The molecular formula is C11H13ClN4O. The Morgan fingerprint density at radius 2 is 2.29 bits per heavy atom. The van der Waals surface area contributed by atoms with Crippen LogP contribution < -0.4 is 5.73 Å². The molecule has 90 valence electrons. The molecule has 2 aromatic rings. The second-order valence-corrected chi connectivity index (χ2v) is 3.95. The monoisotopic (exact) mass is 252 g/mol. The number of nitrogens with two attached hydrogens (primary N) is 1. The first kappa shape index (κ1) is 12.0. The SMILES string of the molecule is COCc1c(CN)nnn1-c1cccc(Cl)c1. The highest BCUT2D eigenvalue weighted by atomic mass is 35.5. The quantitative estimate of drug-likeness (QED) is 0.896. The molecule has 0 radical (unpaired) electrons.